The molecule has 0 aromatic heterocycles. The lowest BCUT2D eigenvalue weighted by Gasteiger charge is -2.39. The van der Waals surface area contributed by atoms with Gasteiger partial charge in [0.05, 0.1) is 17.7 Å². The number of benzene rings is 1. The van der Waals surface area contributed by atoms with Gasteiger partial charge in [-0.15, -0.1) is 0 Å². The first-order valence-electron chi connectivity index (χ1n) is 16.1. The van der Waals surface area contributed by atoms with Crippen molar-refractivity contribution in [3.8, 4) is 5.75 Å². The van der Waals surface area contributed by atoms with Gasteiger partial charge in [0.2, 0.25) is 5.91 Å². The highest BCUT2D eigenvalue weighted by molar-refractivity contribution is 6.04. The van der Waals surface area contributed by atoms with E-state index in [4.69, 9.17) is 9.47 Å². The van der Waals surface area contributed by atoms with Crippen molar-refractivity contribution in [3.05, 3.63) is 18.2 Å². The molecule has 0 spiro atoms. The van der Waals surface area contributed by atoms with Gasteiger partial charge in [-0.05, 0) is 89.3 Å². The molecule has 1 aromatic carbocycles. The number of hydrogen-bond donors (Lipinski definition) is 2. The number of anilines is 2. The molecule has 2 N–H and O–H groups in total. The number of carbonyl (C=O) groups is 3. The zero-order valence-corrected chi connectivity index (χ0v) is 25.6. The van der Waals surface area contributed by atoms with Crippen molar-refractivity contribution in [3.63, 3.8) is 0 Å². The Bertz CT molecular complexity index is 1130. The number of amides is 2. The maximum atomic E-state index is 14.1. The fourth-order valence-corrected chi connectivity index (χ4v) is 6.98. The predicted octanol–water partition coefficient (Wildman–Crippen LogP) is 4.24. The number of nitrogens with zero attached hydrogens (tertiary/aromatic N) is 2. The maximum Gasteiger partial charge on any atom is 0.270 e. The second-order valence-electron chi connectivity index (χ2n) is 13.3. The molecule has 4 aliphatic rings. The number of Topliss-reactive ketones (excluding diaryl/α,β-unsaturated/α-hetero) is 1. The number of hydrogen-bond acceptors (Lipinski definition) is 7. The summed E-state index contributed by atoms with van der Waals surface area (Å²) < 4.78 is 11.3. The highest BCUT2D eigenvalue weighted by Gasteiger charge is 2.43. The lowest BCUT2D eigenvalue weighted by Crippen LogP contribution is -2.53. The lowest BCUT2D eigenvalue weighted by molar-refractivity contribution is -0.132. The van der Waals surface area contributed by atoms with Crippen molar-refractivity contribution in [2.24, 2.45) is 17.8 Å². The summed E-state index contributed by atoms with van der Waals surface area (Å²) >= 11 is 0. The molecule has 1 saturated heterocycles. The molecule has 5 rings (SSSR count). The predicted molar refractivity (Wildman–Crippen MR) is 162 cm³/mol. The molecule has 232 valence electrons. The van der Waals surface area contributed by atoms with Gasteiger partial charge >= 0.3 is 0 Å². The molecule has 2 amide bonds. The summed E-state index contributed by atoms with van der Waals surface area (Å²) in [6, 6.07) is 5.85. The number of methoxy groups -OCH3 is 1. The first-order valence-corrected chi connectivity index (χ1v) is 16.1. The van der Waals surface area contributed by atoms with E-state index in [0.717, 1.165) is 50.6 Å². The first kappa shape index (κ1) is 31.0. The Hall–Kier alpha value is -2.49. The van der Waals surface area contributed by atoms with E-state index in [1.54, 1.807) is 25.9 Å². The molecule has 42 heavy (non-hydrogen) atoms. The van der Waals surface area contributed by atoms with E-state index >= 15 is 0 Å². The molecule has 3 fully saturated rings. The normalized spacial score (nSPS) is 27.2. The third-order valence-electron chi connectivity index (χ3n) is 9.54. The summed E-state index contributed by atoms with van der Waals surface area (Å²) in [5.74, 6) is 0.663. The molecule has 2 heterocycles. The minimum Gasteiger partial charge on any atom is -0.476 e. The molecule has 4 atom stereocenters. The van der Waals surface area contributed by atoms with Gasteiger partial charge in [-0.3, -0.25) is 14.4 Å². The number of aliphatic hydroxyl groups is 1. The Kier molecular flexibility index (Phi) is 9.90. The molecule has 2 saturated carbocycles. The maximum absolute atomic E-state index is 14.1. The Labute approximate surface area is 250 Å². The van der Waals surface area contributed by atoms with Gasteiger partial charge in [-0.25, -0.2) is 0 Å². The number of fused-ring (bicyclic) bond motifs is 1. The molecule has 1 unspecified atom stereocenters. The topological polar surface area (TPSA) is 108 Å². The molecular weight excluding hydrogens is 534 g/mol. The van der Waals surface area contributed by atoms with Crippen molar-refractivity contribution in [1.29, 1.82) is 0 Å². The monoisotopic (exact) mass is 583 g/mol. The second kappa shape index (κ2) is 13.4. The Morgan fingerprint density at radius 3 is 2.62 bits per heavy atom. The standard InChI is InChI=1S/C33H49N3O6/c1-33(2)32(40)35(16-7-17-41-3)27-19-26(14-15-30(27)42-33)36(25-12-13-25)31(39)24-18-23(20-34-21-24)29(38)11-6-9-22-8-4-5-10-28(22)37/h14-15,19,22-25,28,34,37H,4-13,16-18,20-21H2,1-3H3/t22?,23-,24+,28+/m0/s1. The van der Waals surface area contributed by atoms with Gasteiger partial charge in [0, 0.05) is 57.4 Å². The van der Waals surface area contributed by atoms with Crippen LogP contribution in [0, 0.1) is 17.8 Å². The van der Waals surface area contributed by atoms with Crippen molar-refractivity contribution >= 4 is 29.0 Å². The van der Waals surface area contributed by atoms with Gasteiger partial charge in [0.25, 0.3) is 5.91 Å². The third kappa shape index (κ3) is 7.00. The van der Waals surface area contributed by atoms with Crippen LogP contribution >= 0.6 is 0 Å². The number of carbonyl (C=O) groups excluding carboxylic acids is 3. The van der Waals surface area contributed by atoms with Crippen LogP contribution in [0.2, 0.25) is 0 Å². The Morgan fingerprint density at radius 2 is 1.88 bits per heavy atom. The highest BCUT2D eigenvalue weighted by atomic mass is 16.5. The van der Waals surface area contributed by atoms with Crippen LogP contribution in [0.15, 0.2) is 18.2 Å². The van der Waals surface area contributed by atoms with E-state index in [1.807, 2.05) is 23.1 Å². The number of ether oxygens (including phenoxy) is 2. The number of ketones is 1. The van der Waals surface area contributed by atoms with Crippen LogP contribution in [-0.2, 0) is 19.1 Å². The van der Waals surface area contributed by atoms with E-state index in [0.29, 0.717) is 62.9 Å². The summed E-state index contributed by atoms with van der Waals surface area (Å²) in [5, 5.41) is 13.6. The highest BCUT2D eigenvalue weighted by Crippen LogP contribution is 2.43. The number of aliphatic hydroxyl groups excluding tert-OH is 1. The fourth-order valence-electron chi connectivity index (χ4n) is 6.98. The molecule has 0 bridgehead atoms. The molecule has 2 aliphatic carbocycles. The van der Waals surface area contributed by atoms with E-state index in [2.05, 4.69) is 5.32 Å². The van der Waals surface area contributed by atoms with Crippen molar-refractivity contribution in [1.82, 2.24) is 5.32 Å². The Balaban J connectivity index is 1.26. The van der Waals surface area contributed by atoms with E-state index in [1.165, 1.54) is 6.42 Å². The second-order valence-corrected chi connectivity index (χ2v) is 13.3. The third-order valence-corrected chi connectivity index (χ3v) is 9.54. The van der Waals surface area contributed by atoms with E-state index in [9.17, 15) is 19.5 Å². The van der Waals surface area contributed by atoms with Crippen LogP contribution in [0.3, 0.4) is 0 Å². The minimum absolute atomic E-state index is 0.0436. The summed E-state index contributed by atoms with van der Waals surface area (Å²) in [4.78, 5) is 44.2. The molecule has 9 nitrogen and oxygen atoms in total. The van der Waals surface area contributed by atoms with Crippen LogP contribution < -0.4 is 19.9 Å². The van der Waals surface area contributed by atoms with Crippen LogP contribution in [0.1, 0.15) is 84.5 Å². The van der Waals surface area contributed by atoms with Gasteiger partial charge in [0.1, 0.15) is 11.5 Å². The summed E-state index contributed by atoms with van der Waals surface area (Å²) in [6.07, 6.45) is 9.32. The largest absolute Gasteiger partial charge is 0.476 e. The zero-order chi connectivity index (χ0) is 29.9. The average molecular weight is 584 g/mol. The minimum atomic E-state index is -0.973. The molecule has 9 heteroatoms. The van der Waals surface area contributed by atoms with Gasteiger partial charge < -0.3 is 29.7 Å². The number of nitrogens with one attached hydrogen (secondary N) is 1. The average Bonchev–Trinajstić information content (AvgIpc) is 3.81. The lowest BCUT2D eigenvalue weighted by atomic mass is 9.81. The number of rotatable bonds is 12. The van der Waals surface area contributed by atoms with Gasteiger partial charge in [-0.2, -0.15) is 0 Å². The smallest absolute Gasteiger partial charge is 0.270 e. The van der Waals surface area contributed by atoms with Crippen molar-refractivity contribution < 1.29 is 29.0 Å². The molecule has 1 aromatic rings. The van der Waals surface area contributed by atoms with Crippen molar-refractivity contribution in [2.45, 2.75) is 102 Å². The zero-order valence-electron chi connectivity index (χ0n) is 25.6. The van der Waals surface area contributed by atoms with E-state index < -0.39 is 5.60 Å². The summed E-state index contributed by atoms with van der Waals surface area (Å²) in [6.45, 7) is 5.78. The summed E-state index contributed by atoms with van der Waals surface area (Å²) in [5.41, 5.74) is 0.483. The van der Waals surface area contributed by atoms with Crippen LogP contribution in [0.4, 0.5) is 11.4 Å². The van der Waals surface area contributed by atoms with Crippen LogP contribution in [-0.4, -0.2) is 73.8 Å². The molecule has 0 radical (unpaired) electrons. The van der Waals surface area contributed by atoms with Gasteiger partial charge in [0.15, 0.2) is 5.60 Å². The van der Waals surface area contributed by atoms with Crippen LogP contribution in [0.25, 0.3) is 0 Å². The molecular formula is C33H49N3O6. The van der Waals surface area contributed by atoms with E-state index in [-0.39, 0.29) is 41.6 Å². The first-order chi connectivity index (χ1) is 20.2. The fraction of sp³-hybridized carbons (Fsp3) is 0.727. The van der Waals surface area contributed by atoms with Crippen LogP contribution in [0.5, 0.6) is 5.75 Å². The Morgan fingerprint density at radius 1 is 1.12 bits per heavy atom. The quantitative estimate of drug-likeness (QED) is 0.355. The molecule has 2 aliphatic heterocycles. The summed E-state index contributed by atoms with van der Waals surface area (Å²) in [7, 11) is 1.65. The van der Waals surface area contributed by atoms with Gasteiger partial charge in [-0.1, -0.05) is 12.8 Å². The SMILES string of the molecule is COCCCN1C(=O)C(C)(C)Oc2ccc(N(C(=O)[C@H]3CNC[C@@H](C(=O)CCCC4CCCC[C@H]4O)C3)C3CC3)cc21. The van der Waals surface area contributed by atoms with Crippen molar-refractivity contribution in [2.75, 3.05) is 43.2 Å². The number of piperidine rings is 1.